The molecule has 0 spiro atoms. The third-order valence-corrected chi connectivity index (χ3v) is 6.46. The number of benzene rings is 1. The van der Waals surface area contributed by atoms with Gasteiger partial charge in [-0.05, 0) is 50.8 Å². The van der Waals surface area contributed by atoms with Crippen molar-refractivity contribution in [3.05, 3.63) is 65.2 Å². The van der Waals surface area contributed by atoms with Crippen LogP contribution in [0.5, 0.6) is 0 Å². The van der Waals surface area contributed by atoms with Crippen LogP contribution in [-0.2, 0) is 6.54 Å². The first-order chi connectivity index (χ1) is 16.5. The molecule has 0 saturated heterocycles. The molecule has 3 N–H and O–H groups in total. The van der Waals surface area contributed by atoms with Gasteiger partial charge in [0.15, 0.2) is 11.3 Å². The standard InChI is InChI=1S/C25H25N7O2/c1-2-31-13-19(22(29-31)23(26)33)28-25(34)17-12-18(14-8-9-14)27-24-20(17)21(15-10-11-15)30-32(24)16-6-4-3-5-7-16/h3-7,12-15H,2,8-11H2,1H3,(H2,26,33)(H,28,34). The molecule has 2 saturated carbocycles. The minimum Gasteiger partial charge on any atom is -0.364 e. The maximum Gasteiger partial charge on any atom is 0.271 e. The van der Waals surface area contributed by atoms with Gasteiger partial charge in [0.1, 0.15) is 0 Å². The van der Waals surface area contributed by atoms with Gasteiger partial charge in [0.05, 0.1) is 28.0 Å². The molecular formula is C25H25N7O2. The molecule has 0 unspecified atom stereocenters. The number of nitrogens with two attached hydrogens (primary N) is 1. The van der Waals surface area contributed by atoms with Gasteiger partial charge in [-0.3, -0.25) is 14.3 Å². The monoisotopic (exact) mass is 455 g/mol. The second kappa shape index (κ2) is 7.79. The number of aryl methyl sites for hydroxylation is 1. The summed E-state index contributed by atoms with van der Waals surface area (Å²) in [6.07, 6.45) is 5.84. The highest BCUT2D eigenvalue weighted by Gasteiger charge is 2.34. The van der Waals surface area contributed by atoms with Gasteiger partial charge in [0, 0.05) is 30.3 Å². The van der Waals surface area contributed by atoms with Gasteiger partial charge in [0.25, 0.3) is 11.8 Å². The number of rotatable bonds is 7. The molecule has 2 aliphatic carbocycles. The summed E-state index contributed by atoms with van der Waals surface area (Å²) in [5.74, 6) is -0.335. The van der Waals surface area contributed by atoms with Gasteiger partial charge in [-0.25, -0.2) is 9.67 Å². The van der Waals surface area contributed by atoms with Crippen molar-refractivity contribution in [3.8, 4) is 5.69 Å². The number of aromatic nitrogens is 5. The number of anilines is 1. The molecule has 1 aromatic carbocycles. The third kappa shape index (κ3) is 3.53. The molecule has 34 heavy (non-hydrogen) atoms. The summed E-state index contributed by atoms with van der Waals surface area (Å²) in [5, 5.41) is 12.8. The fourth-order valence-electron chi connectivity index (χ4n) is 4.37. The van der Waals surface area contributed by atoms with Gasteiger partial charge in [0.2, 0.25) is 0 Å². The first kappa shape index (κ1) is 20.6. The maximum atomic E-state index is 13.7. The summed E-state index contributed by atoms with van der Waals surface area (Å²) in [7, 11) is 0. The van der Waals surface area contributed by atoms with Crippen LogP contribution in [0.15, 0.2) is 42.6 Å². The molecule has 2 aliphatic rings. The van der Waals surface area contributed by atoms with E-state index in [4.69, 9.17) is 15.8 Å². The number of hydrogen-bond donors (Lipinski definition) is 2. The number of amides is 2. The Morgan fingerprint density at radius 2 is 1.82 bits per heavy atom. The molecule has 4 aromatic rings. The van der Waals surface area contributed by atoms with Crippen LogP contribution >= 0.6 is 0 Å². The fourth-order valence-corrected chi connectivity index (χ4v) is 4.37. The summed E-state index contributed by atoms with van der Waals surface area (Å²) in [6, 6.07) is 11.8. The molecule has 6 rings (SSSR count). The van der Waals surface area contributed by atoms with Crippen molar-refractivity contribution in [2.24, 2.45) is 5.73 Å². The van der Waals surface area contributed by atoms with E-state index in [1.165, 1.54) is 0 Å². The minimum absolute atomic E-state index is 0.0466. The average molecular weight is 456 g/mol. The zero-order valence-corrected chi connectivity index (χ0v) is 18.9. The molecule has 0 radical (unpaired) electrons. The summed E-state index contributed by atoms with van der Waals surface area (Å²) >= 11 is 0. The number of primary amides is 1. The van der Waals surface area contributed by atoms with E-state index in [0.29, 0.717) is 35.3 Å². The number of carbonyl (C=O) groups excluding carboxylic acids is 2. The molecule has 9 nitrogen and oxygen atoms in total. The molecule has 3 aromatic heterocycles. The Hall–Kier alpha value is -4.01. The van der Waals surface area contributed by atoms with Gasteiger partial charge < -0.3 is 11.1 Å². The summed E-state index contributed by atoms with van der Waals surface area (Å²) in [4.78, 5) is 30.6. The van der Waals surface area contributed by atoms with E-state index in [1.807, 2.05) is 48.0 Å². The van der Waals surface area contributed by atoms with Gasteiger partial charge in [-0.2, -0.15) is 10.2 Å². The quantitative estimate of drug-likeness (QED) is 0.440. The maximum absolute atomic E-state index is 13.7. The summed E-state index contributed by atoms with van der Waals surface area (Å²) in [6.45, 7) is 2.45. The van der Waals surface area contributed by atoms with Gasteiger partial charge >= 0.3 is 0 Å². The van der Waals surface area contributed by atoms with Crippen LogP contribution in [0, 0.1) is 0 Å². The van der Waals surface area contributed by atoms with Gasteiger partial charge in [-0.1, -0.05) is 18.2 Å². The molecule has 2 fully saturated rings. The van der Waals surface area contributed by atoms with Crippen LogP contribution < -0.4 is 11.1 Å². The van der Waals surface area contributed by atoms with Crippen LogP contribution in [0.25, 0.3) is 16.7 Å². The van der Waals surface area contributed by atoms with Crippen molar-refractivity contribution in [2.75, 3.05) is 5.32 Å². The van der Waals surface area contributed by atoms with Crippen molar-refractivity contribution in [1.29, 1.82) is 0 Å². The second-order valence-corrected chi connectivity index (χ2v) is 9.04. The van der Waals surface area contributed by atoms with Crippen LogP contribution in [0.2, 0.25) is 0 Å². The predicted octanol–water partition coefficient (Wildman–Crippen LogP) is 3.74. The Balaban J connectivity index is 1.52. The number of para-hydroxylation sites is 1. The number of pyridine rings is 1. The highest BCUT2D eigenvalue weighted by molar-refractivity contribution is 6.14. The Morgan fingerprint density at radius 1 is 1.09 bits per heavy atom. The molecule has 0 atom stereocenters. The number of hydrogen-bond acceptors (Lipinski definition) is 5. The van der Waals surface area contributed by atoms with Crippen molar-refractivity contribution in [1.82, 2.24) is 24.5 Å². The lowest BCUT2D eigenvalue weighted by atomic mass is 10.0. The lowest BCUT2D eigenvalue weighted by Crippen LogP contribution is -2.18. The molecule has 0 aliphatic heterocycles. The molecule has 9 heteroatoms. The highest BCUT2D eigenvalue weighted by Crippen LogP contribution is 2.45. The molecule has 172 valence electrons. The van der Waals surface area contributed by atoms with E-state index in [1.54, 1.807) is 10.9 Å². The lowest BCUT2D eigenvalue weighted by Gasteiger charge is -2.09. The molecule has 0 bridgehead atoms. The Bertz CT molecular complexity index is 1430. The average Bonchev–Trinajstić information content (AvgIpc) is 3.78. The topological polar surface area (TPSA) is 121 Å². The summed E-state index contributed by atoms with van der Waals surface area (Å²) < 4.78 is 3.44. The lowest BCUT2D eigenvalue weighted by molar-refractivity contribution is 0.0995. The predicted molar refractivity (Wildman–Crippen MR) is 127 cm³/mol. The van der Waals surface area contributed by atoms with E-state index in [9.17, 15) is 9.59 Å². The van der Waals surface area contributed by atoms with Crippen molar-refractivity contribution >= 4 is 28.5 Å². The zero-order chi connectivity index (χ0) is 23.4. The first-order valence-corrected chi connectivity index (χ1v) is 11.7. The van der Waals surface area contributed by atoms with E-state index in [0.717, 1.165) is 48.1 Å². The van der Waals surface area contributed by atoms with E-state index in [-0.39, 0.29) is 11.6 Å². The smallest absolute Gasteiger partial charge is 0.271 e. The normalized spacial score (nSPS) is 15.6. The number of carbonyl (C=O) groups is 2. The van der Waals surface area contributed by atoms with Crippen LogP contribution in [0.3, 0.4) is 0 Å². The summed E-state index contributed by atoms with van der Waals surface area (Å²) in [5.41, 5.74) is 9.79. The highest BCUT2D eigenvalue weighted by atomic mass is 16.2. The van der Waals surface area contributed by atoms with E-state index >= 15 is 0 Å². The number of nitrogens with one attached hydrogen (secondary N) is 1. The van der Waals surface area contributed by atoms with E-state index in [2.05, 4.69) is 10.4 Å². The fraction of sp³-hybridized carbons (Fsp3) is 0.320. The Morgan fingerprint density at radius 3 is 2.47 bits per heavy atom. The van der Waals surface area contributed by atoms with E-state index < -0.39 is 5.91 Å². The number of fused-ring (bicyclic) bond motifs is 1. The molecule has 2 amide bonds. The van der Waals surface area contributed by atoms with Crippen molar-refractivity contribution < 1.29 is 9.59 Å². The number of nitrogens with zero attached hydrogens (tertiary/aromatic N) is 5. The Labute approximate surface area is 196 Å². The third-order valence-electron chi connectivity index (χ3n) is 6.46. The minimum atomic E-state index is -0.684. The van der Waals surface area contributed by atoms with Crippen LogP contribution in [0.4, 0.5) is 5.69 Å². The van der Waals surface area contributed by atoms with Crippen LogP contribution in [0.1, 0.15) is 76.7 Å². The first-order valence-electron chi connectivity index (χ1n) is 11.7. The van der Waals surface area contributed by atoms with Crippen molar-refractivity contribution in [2.45, 2.75) is 51.0 Å². The zero-order valence-electron chi connectivity index (χ0n) is 18.9. The van der Waals surface area contributed by atoms with Crippen LogP contribution in [-0.4, -0.2) is 36.4 Å². The second-order valence-electron chi connectivity index (χ2n) is 9.04. The SMILES string of the molecule is CCn1cc(NC(=O)c2cc(C3CC3)nc3c2c(C2CC2)nn3-c2ccccc2)c(C(N)=O)n1. The Kier molecular flexibility index (Phi) is 4.72. The van der Waals surface area contributed by atoms with Gasteiger partial charge in [-0.15, -0.1) is 0 Å². The van der Waals surface area contributed by atoms with Crippen molar-refractivity contribution in [3.63, 3.8) is 0 Å². The molecule has 3 heterocycles. The largest absolute Gasteiger partial charge is 0.364 e. The molecular weight excluding hydrogens is 430 g/mol.